The zero-order chi connectivity index (χ0) is 13.3. The number of aliphatic carboxylic acids is 1. The van der Waals surface area contributed by atoms with Crippen molar-refractivity contribution in [3.63, 3.8) is 0 Å². The highest BCUT2D eigenvalue weighted by molar-refractivity contribution is 5.72. The maximum absolute atomic E-state index is 11.2. The molecule has 2 rings (SSSR count). The molecule has 0 bridgehead atoms. The molecule has 1 aromatic carbocycles. The van der Waals surface area contributed by atoms with E-state index >= 15 is 0 Å². The number of methoxy groups -OCH3 is 1. The molecule has 0 spiro atoms. The van der Waals surface area contributed by atoms with Crippen LogP contribution in [0.4, 0.5) is 0 Å². The van der Waals surface area contributed by atoms with Gasteiger partial charge in [0.2, 0.25) is 0 Å². The molecule has 1 aliphatic heterocycles. The summed E-state index contributed by atoms with van der Waals surface area (Å²) in [4.78, 5) is 11.2. The van der Waals surface area contributed by atoms with E-state index in [-0.39, 0.29) is 0 Å². The molecule has 0 amide bonds. The third kappa shape index (κ3) is 1.86. The summed E-state index contributed by atoms with van der Waals surface area (Å²) in [6, 6.07) is 5.83. The molecule has 1 heterocycles. The van der Waals surface area contributed by atoms with Gasteiger partial charge in [0.25, 0.3) is 0 Å². The van der Waals surface area contributed by atoms with Gasteiger partial charge in [-0.15, -0.1) is 0 Å². The van der Waals surface area contributed by atoms with Gasteiger partial charge < -0.3 is 14.6 Å². The first-order valence-corrected chi connectivity index (χ1v) is 5.97. The highest BCUT2D eigenvalue weighted by Crippen LogP contribution is 2.40. The third-order valence-electron chi connectivity index (χ3n) is 3.89. The predicted octanol–water partition coefficient (Wildman–Crippen LogP) is 1.99. The lowest BCUT2D eigenvalue weighted by molar-refractivity contribution is -0.155. The van der Waals surface area contributed by atoms with Crippen LogP contribution in [0.15, 0.2) is 18.2 Å². The molecule has 1 atom stereocenters. The zero-order valence-electron chi connectivity index (χ0n) is 10.9. The molecule has 1 aromatic rings. The van der Waals surface area contributed by atoms with Gasteiger partial charge in [-0.1, -0.05) is 19.1 Å². The molecule has 4 heteroatoms. The Hall–Kier alpha value is -1.55. The lowest BCUT2D eigenvalue weighted by atomic mass is 9.69. The lowest BCUT2D eigenvalue weighted by Gasteiger charge is -2.45. The van der Waals surface area contributed by atoms with E-state index < -0.39 is 17.3 Å². The fourth-order valence-electron chi connectivity index (χ4n) is 2.41. The van der Waals surface area contributed by atoms with Crippen molar-refractivity contribution in [2.24, 2.45) is 5.92 Å². The van der Waals surface area contributed by atoms with E-state index in [1.54, 1.807) is 14.0 Å². The molecule has 0 aliphatic carbocycles. The Bertz CT molecular complexity index is 463. The monoisotopic (exact) mass is 250 g/mol. The van der Waals surface area contributed by atoms with Gasteiger partial charge in [-0.2, -0.15) is 0 Å². The van der Waals surface area contributed by atoms with Gasteiger partial charge in [-0.3, -0.25) is 4.79 Å². The van der Waals surface area contributed by atoms with Gasteiger partial charge in [0.15, 0.2) is 0 Å². The minimum Gasteiger partial charge on any atom is -0.496 e. The molecule has 1 fully saturated rings. The second-order valence-corrected chi connectivity index (χ2v) is 4.89. The Morgan fingerprint density at radius 3 is 2.56 bits per heavy atom. The van der Waals surface area contributed by atoms with Gasteiger partial charge in [0, 0.05) is 0 Å². The Kier molecular flexibility index (Phi) is 3.30. The summed E-state index contributed by atoms with van der Waals surface area (Å²) < 4.78 is 10.5. The second-order valence-electron chi connectivity index (χ2n) is 4.89. The van der Waals surface area contributed by atoms with Crippen LogP contribution in [-0.4, -0.2) is 31.4 Å². The zero-order valence-corrected chi connectivity index (χ0v) is 10.9. The number of rotatable bonds is 4. The Morgan fingerprint density at radius 2 is 2.17 bits per heavy atom. The van der Waals surface area contributed by atoms with Crippen molar-refractivity contribution in [3.8, 4) is 5.75 Å². The topological polar surface area (TPSA) is 55.8 Å². The van der Waals surface area contributed by atoms with E-state index in [4.69, 9.17) is 9.47 Å². The van der Waals surface area contributed by atoms with Crippen LogP contribution in [0, 0.1) is 12.8 Å². The van der Waals surface area contributed by atoms with Gasteiger partial charge in [-0.25, -0.2) is 0 Å². The van der Waals surface area contributed by atoms with Gasteiger partial charge >= 0.3 is 5.97 Å². The first-order valence-electron chi connectivity index (χ1n) is 5.97. The van der Waals surface area contributed by atoms with E-state index in [1.807, 2.05) is 25.1 Å². The molecule has 0 saturated carbocycles. The predicted molar refractivity (Wildman–Crippen MR) is 67.0 cm³/mol. The van der Waals surface area contributed by atoms with Crippen molar-refractivity contribution in [2.45, 2.75) is 19.3 Å². The standard InChI is InChI=1S/C14H18O4/c1-9-6-11(4-5-12(9)17-3)14(7-18-8-14)10(2)13(15)16/h4-6,10H,7-8H2,1-3H3,(H,15,16). The number of carboxylic acid groups (broad SMARTS) is 1. The minimum absolute atomic E-state index is 0.400. The lowest BCUT2D eigenvalue weighted by Crippen LogP contribution is -2.53. The number of carbonyl (C=O) groups is 1. The fraction of sp³-hybridized carbons (Fsp3) is 0.500. The van der Waals surface area contributed by atoms with Crippen molar-refractivity contribution >= 4 is 5.97 Å². The summed E-state index contributed by atoms with van der Waals surface area (Å²) in [7, 11) is 1.63. The van der Waals surface area contributed by atoms with Crippen molar-refractivity contribution in [1.29, 1.82) is 0 Å². The summed E-state index contributed by atoms with van der Waals surface area (Å²) in [5, 5.41) is 9.23. The molecular weight excluding hydrogens is 232 g/mol. The largest absolute Gasteiger partial charge is 0.496 e. The van der Waals surface area contributed by atoms with E-state index in [0.717, 1.165) is 16.9 Å². The maximum Gasteiger partial charge on any atom is 0.307 e. The number of hydrogen-bond donors (Lipinski definition) is 1. The van der Waals surface area contributed by atoms with Gasteiger partial charge in [0.05, 0.1) is 31.7 Å². The molecule has 1 saturated heterocycles. The number of benzene rings is 1. The maximum atomic E-state index is 11.2. The van der Waals surface area contributed by atoms with Crippen LogP contribution in [-0.2, 0) is 14.9 Å². The molecule has 98 valence electrons. The van der Waals surface area contributed by atoms with Crippen LogP contribution in [0.5, 0.6) is 5.75 Å². The quantitative estimate of drug-likeness (QED) is 0.888. The van der Waals surface area contributed by atoms with Crippen LogP contribution < -0.4 is 4.74 Å². The highest BCUT2D eigenvalue weighted by atomic mass is 16.5. The summed E-state index contributed by atoms with van der Waals surface area (Å²) in [6.07, 6.45) is 0. The van der Waals surface area contributed by atoms with Crippen molar-refractivity contribution in [2.75, 3.05) is 20.3 Å². The average Bonchev–Trinajstić information content (AvgIpc) is 2.27. The van der Waals surface area contributed by atoms with Crippen molar-refractivity contribution in [1.82, 2.24) is 0 Å². The van der Waals surface area contributed by atoms with Crippen LogP contribution in [0.2, 0.25) is 0 Å². The smallest absolute Gasteiger partial charge is 0.307 e. The second kappa shape index (κ2) is 4.61. The Balaban J connectivity index is 2.39. The molecule has 0 radical (unpaired) electrons. The Morgan fingerprint density at radius 1 is 1.50 bits per heavy atom. The molecule has 4 nitrogen and oxygen atoms in total. The Labute approximate surface area is 107 Å². The van der Waals surface area contributed by atoms with E-state index in [1.165, 1.54) is 0 Å². The van der Waals surface area contributed by atoms with E-state index in [9.17, 15) is 9.90 Å². The van der Waals surface area contributed by atoms with E-state index in [2.05, 4.69) is 0 Å². The van der Waals surface area contributed by atoms with Crippen LogP contribution >= 0.6 is 0 Å². The average molecular weight is 250 g/mol. The fourth-order valence-corrected chi connectivity index (χ4v) is 2.41. The number of aryl methyl sites for hydroxylation is 1. The SMILES string of the molecule is COc1ccc(C2(C(C)C(=O)O)COC2)cc1C. The molecule has 18 heavy (non-hydrogen) atoms. The van der Waals surface area contributed by atoms with Gasteiger partial charge in [-0.05, 0) is 24.1 Å². The highest BCUT2D eigenvalue weighted by Gasteiger charge is 2.48. The van der Waals surface area contributed by atoms with Crippen LogP contribution in [0.25, 0.3) is 0 Å². The number of ether oxygens (including phenoxy) is 2. The third-order valence-corrected chi connectivity index (χ3v) is 3.89. The molecule has 1 aliphatic rings. The first-order chi connectivity index (χ1) is 8.51. The van der Waals surface area contributed by atoms with Crippen LogP contribution in [0.1, 0.15) is 18.1 Å². The van der Waals surface area contributed by atoms with Crippen molar-refractivity contribution in [3.05, 3.63) is 29.3 Å². The number of carboxylic acids is 1. The molecule has 1 unspecified atom stereocenters. The summed E-state index contributed by atoms with van der Waals surface area (Å²) >= 11 is 0. The molecule has 1 N–H and O–H groups in total. The van der Waals surface area contributed by atoms with Gasteiger partial charge in [0.1, 0.15) is 5.75 Å². The normalized spacial score (nSPS) is 18.8. The van der Waals surface area contributed by atoms with Crippen molar-refractivity contribution < 1.29 is 19.4 Å². The summed E-state index contributed by atoms with van der Waals surface area (Å²) in [6.45, 7) is 4.63. The summed E-state index contributed by atoms with van der Waals surface area (Å²) in [5.41, 5.74) is 1.63. The molecular formula is C14H18O4. The summed E-state index contributed by atoms with van der Waals surface area (Å²) in [5.74, 6) is -0.428. The van der Waals surface area contributed by atoms with Crippen LogP contribution in [0.3, 0.4) is 0 Å². The minimum atomic E-state index is -0.785. The number of hydrogen-bond acceptors (Lipinski definition) is 3. The first kappa shape index (κ1) is 12.9. The molecule has 0 aromatic heterocycles. The van der Waals surface area contributed by atoms with E-state index in [0.29, 0.717) is 13.2 Å².